The maximum atomic E-state index is 5.91. The van der Waals surface area contributed by atoms with Crippen LogP contribution in [0.4, 0.5) is 0 Å². The molecular weight excluding hydrogens is 350 g/mol. The number of nitrogens with one attached hydrogen (secondary N) is 1. The smallest absolute Gasteiger partial charge is 0.118 e. The van der Waals surface area contributed by atoms with Gasteiger partial charge < -0.3 is 14.4 Å². The lowest BCUT2D eigenvalue weighted by Gasteiger charge is -2.32. The largest absolute Gasteiger partial charge is 0.497 e. The Hall–Kier alpha value is -2.63. The Labute approximate surface area is 166 Å². The van der Waals surface area contributed by atoms with Crippen LogP contribution >= 0.6 is 0 Å². The van der Waals surface area contributed by atoms with E-state index in [0.717, 1.165) is 42.3 Å². The van der Waals surface area contributed by atoms with E-state index < -0.39 is 0 Å². The third-order valence-electron chi connectivity index (χ3n) is 5.23. The number of methoxy groups -OCH3 is 1. The fraction of sp³-hybridized carbons (Fsp3) is 0.348. The summed E-state index contributed by atoms with van der Waals surface area (Å²) in [5.41, 5.74) is 4.47. The molecule has 0 saturated carbocycles. The molecule has 3 atom stereocenters. The zero-order chi connectivity index (χ0) is 19.5. The molecule has 0 aliphatic carbocycles. The molecule has 1 saturated heterocycles. The zero-order valence-corrected chi connectivity index (χ0v) is 16.8. The predicted molar refractivity (Wildman–Crippen MR) is 110 cm³/mol. The van der Waals surface area contributed by atoms with E-state index in [4.69, 9.17) is 14.6 Å². The average Bonchev–Trinajstić information content (AvgIpc) is 3.11. The first-order chi connectivity index (χ1) is 13.6. The molecule has 1 aliphatic heterocycles. The SMILES string of the molecule is COc1ccc(-c2nn(-c3ccccc3)cc2C[NH+]2C[C@@H](C)O[C@@H](C)C2)cc1. The van der Waals surface area contributed by atoms with E-state index in [0.29, 0.717) is 0 Å². The van der Waals surface area contributed by atoms with Gasteiger partial charge in [-0.3, -0.25) is 0 Å². The molecule has 2 heterocycles. The summed E-state index contributed by atoms with van der Waals surface area (Å²) in [6.45, 7) is 7.29. The van der Waals surface area contributed by atoms with Crippen LogP contribution in [0, 0.1) is 0 Å². The van der Waals surface area contributed by atoms with Gasteiger partial charge in [0.15, 0.2) is 0 Å². The molecule has 5 heteroatoms. The average molecular weight is 378 g/mol. The van der Waals surface area contributed by atoms with E-state index in [1.165, 1.54) is 10.5 Å². The first-order valence-corrected chi connectivity index (χ1v) is 9.90. The molecule has 0 bridgehead atoms. The maximum absolute atomic E-state index is 5.91. The van der Waals surface area contributed by atoms with Gasteiger partial charge in [0.1, 0.15) is 43.3 Å². The van der Waals surface area contributed by atoms with Gasteiger partial charge in [0.05, 0.1) is 18.4 Å². The van der Waals surface area contributed by atoms with Crippen LogP contribution in [0.5, 0.6) is 5.75 Å². The molecule has 1 aliphatic rings. The molecular formula is C23H28N3O2+. The normalized spacial score (nSPS) is 22.2. The van der Waals surface area contributed by atoms with Gasteiger partial charge in [-0.2, -0.15) is 5.10 Å². The van der Waals surface area contributed by atoms with Crippen LogP contribution in [0.2, 0.25) is 0 Å². The van der Waals surface area contributed by atoms with Crippen molar-refractivity contribution in [1.29, 1.82) is 0 Å². The number of ether oxygens (including phenoxy) is 2. The molecule has 0 spiro atoms. The van der Waals surface area contributed by atoms with Gasteiger partial charge >= 0.3 is 0 Å². The van der Waals surface area contributed by atoms with Crippen LogP contribution in [-0.4, -0.2) is 42.2 Å². The van der Waals surface area contributed by atoms with Gasteiger partial charge in [0, 0.05) is 11.8 Å². The molecule has 146 valence electrons. The number of rotatable bonds is 5. The van der Waals surface area contributed by atoms with E-state index in [1.807, 2.05) is 35.0 Å². The van der Waals surface area contributed by atoms with Crippen molar-refractivity contribution in [3.8, 4) is 22.7 Å². The van der Waals surface area contributed by atoms with Gasteiger partial charge in [-0.25, -0.2) is 4.68 Å². The second-order valence-corrected chi connectivity index (χ2v) is 7.60. The first kappa shape index (κ1) is 18.7. The molecule has 1 unspecified atom stereocenters. The van der Waals surface area contributed by atoms with E-state index in [2.05, 4.69) is 44.3 Å². The second kappa shape index (κ2) is 8.17. The fourth-order valence-electron chi connectivity index (χ4n) is 4.05. The number of aromatic nitrogens is 2. The highest BCUT2D eigenvalue weighted by Gasteiger charge is 2.27. The summed E-state index contributed by atoms with van der Waals surface area (Å²) in [7, 11) is 1.69. The molecule has 0 radical (unpaired) electrons. The standard InChI is InChI=1S/C23H27N3O2/c1-17-13-25(14-18(2)28-17)15-20-16-26(21-7-5-4-6-8-21)24-23(20)19-9-11-22(27-3)12-10-19/h4-12,16-18H,13-15H2,1-3H3/p+1/t17-,18+. The molecule has 0 amide bonds. The van der Waals surface area contributed by atoms with E-state index in [-0.39, 0.29) is 12.2 Å². The first-order valence-electron chi connectivity index (χ1n) is 9.90. The minimum atomic E-state index is 0.285. The van der Waals surface area contributed by atoms with Crippen LogP contribution < -0.4 is 9.64 Å². The molecule has 4 rings (SSSR count). The van der Waals surface area contributed by atoms with Crippen molar-refractivity contribution < 1.29 is 14.4 Å². The highest BCUT2D eigenvalue weighted by molar-refractivity contribution is 5.64. The number of benzene rings is 2. The molecule has 1 aromatic heterocycles. The Morgan fingerprint density at radius 1 is 1.04 bits per heavy atom. The topological polar surface area (TPSA) is 40.7 Å². The highest BCUT2D eigenvalue weighted by atomic mass is 16.5. The van der Waals surface area contributed by atoms with Crippen LogP contribution in [0.1, 0.15) is 19.4 Å². The monoisotopic (exact) mass is 378 g/mol. The van der Waals surface area contributed by atoms with Gasteiger partial charge in [-0.1, -0.05) is 18.2 Å². The predicted octanol–water partition coefficient (Wildman–Crippen LogP) is 2.74. The molecule has 5 nitrogen and oxygen atoms in total. The third-order valence-corrected chi connectivity index (χ3v) is 5.23. The second-order valence-electron chi connectivity index (χ2n) is 7.60. The van der Waals surface area contributed by atoms with Crippen molar-refractivity contribution in [3.63, 3.8) is 0 Å². The van der Waals surface area contributed by atoms with Crippen molar-refractivity contribution in [2.45, 2.75) is 32.6 Å². The number of morpholine rings is 1. The molecule has 3 aromatic rings. The number of hydrogen-bond acceptors (Lipinski definition) is 3. The summed E-state index contributed by atoms with van der Waals surface area (Å²) in [6, 6.07) is 18.4. The highest BCUT2D eigenvalue weighted by Crippen LogP contribution is 2.25. The number of nitrogens with zero attached hydrogens (tertiary/aromatic N) is 2. The summed E-state index contributed by atoms with van der Waals surface area (Å²) in [5.74, 6) is 0.856. The molecule has 1 N–H and O–H groups in total. The van der Waals surface area contributed by atoms with Crippen molar-refractivity contribution in [2.24, 2.45) is 0 Å². The molecule has 1 fully saturated rings. The third kappa shape index (κ3) is 4.11. The summed E-state index contributed by atoms with van der Waals surface area (Å²) in [5, 5.41) is 4.94. The molecule has 2 aromatic carbocycles. The lowest BCUT2D eigenvalue weighted by molar-refractivity contribution is -0.928. The summed E-state index contributed by atoms with van der Waals surface area (Å²) >= 11 is 0. The van der Waals surface area contributed by atoms with Gasteiger partial charge in [0.2, 0.25) is 0 Å². The zero-order valence-electron chi connectivity index (χ0n) is 16.8. The van der Waals surface area contributed by atoms with Crippen LogP contribution in [0.3, 0.4) is 0 Å². The Morgan fingerprint density at radius 2 is 1.71 bits per heavy atom. The summed E-state index contributed by atoms with van der Waals surface area (Å²) < 4.78 is 13.2. The van der Waals surface area contributed by atoms with Crippen LogP contribution in [0.25, 0.3) is 16.9 Å². The van der Waals surface area contributed by atoms with Gasteiger partial charge in [-0.05, 0) is 50.2 Å². The Bertz CT molecular complexity index is 895. The lowest BCUT2D eigenvalue weighted by Crippen LogP contribution is -3.14. The van der Waals surface area contributed by atoms with Crippen molar-refractivity contribution >= 4 is 0 Å². The Kier molecular flexibility index (Phi) is 5.46. The Balaban J connectivity index is 1.69. The van der Waals surface area contributed by atoms with E-state index in [9.17, 15) is 0 Å². The number of para-hydroxylation sites is 1. The van der Waals surface area contributed by atoms with Crippen molar-refractivity contribution in [2.75, 3.05) is 20.2 Å². The van der Waals surface area contributed by atoms with Crippen LogP contribution in [-0.2, 0) is 11.3 Å². The maximum Gasteiger partial charge on any atom is 0.118 e. The molecule has 28 heavy (non-hydrogen) atoms. The minimum absolute atomic E-state index is 0.285. The summed E-state index contributed by atoms with van der Waals surface area (Å²) in [6.07, 6.45) is 2.74. The fourth-order valence-corrected chi connectivity index (χ4v) is 4.05. The van der Waals surface area contributed by atoms with E-state index >= 15 is 0 Å². The lowest BCUT2D eigenvalue weighted by atomic mass is 10.1. The summed E-state index contributed by atoms with van der Waals surface area (Å²) in [4.78, 5) is 1.54. The van der Waals surface area contributed by atoms with Crippen molar-refractivity contribution in [1.82, 2.24) is 9.78 Å². The van der Waals surface area contributed by atoms with Crippen molar-refractivity contribution in [3.05, 3.63) is 66.4 Å². The quantitative estimate of drug-likeness (QED) is 0.742. The van der Waals surface area contributed by atoms with Gasteiger partial charge in [-0.15, -0.1) is 0 Å². The number of quaternary nitrogens is 1. The van der Waals surface area contributed by atoms with Crippen LogP contribution in [0.15, 0.2) is 60.8 Å². The van der Waals surface area contributed by atoms with Gasteiger partial charge in [0.25, 0.3) is 0 Å². The number of hydrogen-bond donors (Lipinski definition) is 1. The Morgan fingerprint density at radius 3 is 2.36 bits per heavy atom. The minimum Gasteiger partial charge on any atom is -0.497 e. The van der Waals surface area contributed by atoms with E-state index in [1.54, 1.807) is 7.11 Å².